The maximum Gasteiger partial charge on any atom is 0.253 e. The minimum absolute atomic E-state index is 0.0638. The first-order chi connectivity index (χ1) is 20.4. The van der Waals surface area contributed by atoms with Gasteiger partial charge in [-0.15, -0.1) is 0 Å². The van der Waals surface area contributed by atoms with Crippen molar-refractivity contribution in [1.82, 2.24) is 29.6 Å². The number of rotatable bonds is 7. The molecule has 2 aliphatic rings. The SMILES string of the molecule is Cc1cc(-c2cnc3[nH]cc(-c4ccc(C(=O)N(C)CCN5CCN(C)CC5)cc4)c3c2)ccc1N1CCN(C)CC1. The lowest BCUT2D eigenvalue weighted by atomic mass is 9.99. The van der Waals surface area contributed by atoms with E-state index in [1.807, 2.05) is 48.6 Å². The summed E-state index contributed by atoms with van der Waals surface area (Å²) >= 11 is 0. The van der Waals surface area contributed by atoms with Crippen LogP contribution in [0.2, 0.25) is 0 Å². The lowest BCUT2D eigenvalue weighted by Gasteiger charge is -2.35. The Morgan fingerprint density at radius 3 is 2.21 bits per heavy atom. The van der Waals surface area contributed by atoms with Crippen molar-refractivity contribution < 1.29 is 4.79 Å². The molecule has 0 saturated carbocycles. The highest BCUT2D eigenvalue weighted by atomic mass is 16.2. The smallest absolute Gasteiger partial charge is 0.253 e. The number of nitrogens with zero attached hydrogens (tertiary/aromatic N) is 6. The van der Waals surface area contributed by atoms with Crippen LogP contribution < -0.4 is 4.90 Å². The summed E-state index contributed by atoms with van der Waals surface area (Å²) < 4.78 is 0. The number of pyridine rings is 1. The predicted octanol–water partition coefficient (Wildman–Crippen LogP) is 4.28. The van der Waals surface area contributed by atoms with Gasteiger partial charge in [0, 0.05) is 113 Å². The first-order valence-electron chi connectivity index (χ1n) is 15.1. The Bertz CT molecular complexity index is 1530. The Balaban J connectivity index is 1.16. The Kier molecular flexibility index (Phi) is 8.29. The highest BCUT2D eigenvalue weighted by Gasteiger charge is 2.19. The number of H-pyrrole nitrogens is 1. The molecule has 2 aromatic carbocycles. The van der Waals surface area contributed by atoms with E-state index < -0.39 is 0 Å². The minimum atomic E-state index is 0.0638. The molecule has 1 N–H and O–H groups in total. The molecule has 2 aliphatic heterocycles. The lowest BCUT2D eigenvalue weighted by Crippen LogP contribution is -2.47. The highest BCUT2D eigenvalue weighted by Crippen LogP contribution is 2.33. The van der Waals surface area contributed by atoms with Crippen molar-refractivity contribution in [2.24, 2.45) is 0 Å². The van der Waals surface area contributed by atoms with Gasteiger partial charge in [-0.05, 0) is 68.0 Å². The molecule has 8 nitrogen and oxygen atoms in total. The second-order valence-electron chi connectivity index (χ2n) is 12.1. The number of carbonyl (C=O) groups is 1. The summed E-state index contributed by atoms with van der Waals surface area (Å²) in [5, 5.41) is 1.08. The molecule has 0 unspecified atom stereocenters. The fraction of sp³-hybridized carbons (Fsp3) is 0.412. The quantitative estimate of drug-likeness (QED) is 0.361. The highest BCUT2D eigenvalue weighted by molar-refractivity contribution is 5.98. The molecular weight excluding hydrogens is 522 g/mol. The Morgan fingerprint density at radius 2 is 1.52 bits per heavy atom. The number of carbonyl (C=O) groups excluding carboxylic acids is 1. The molecule has 2 fully saturated rings. The molecule has 8 heteroatoms. The summed E-state index contributed by atoms with van der Waals surface area (Å²) in [4.78, 5) is 32.7. The molecule has 0 atom stereocenters. The molecule has 42 heavy (non-hydrogen) atoms. The first-order valence-corrected chi connectivity index (χ1v) is 15.1. The fourth-order valence-corrected chi connectivity index (χ4v) is 6.11. The summed E-state index contributed by atoms with van der Waals surface area (Å²) in [5.41, 5.74) is 8.63. The van der Waals surface area contributed by atoms with Gasteiger partial charge in [-0.1, -0.05) is 18.2 Å². The van der Waals surface area contributed by atoms with Gasteiger partial charge in [0.15, 0.2) is 0 Å². The molecule has 6 rings (SSSR count). The van der Waals surface area contributed by atoms with Crippen LogP contribution in [0.4, 0.5) is 5.69 Å². The number of amides is 1. The Hall–Kier alpha value is -3.72. The largest absolute Gasteiger partial charge is 0.369 e. The third kappa shape index (κ3) is 6.07. The number of fused-ring (bicyclic) bond motifs is 1. The van der Waals surface area contributed by atoms with Crippen molar-refractivity contribution in [3.8, 4) is 22.3 Å². The number of hydrogen-bond acceptors (Lipinski definition) is 6. The van der Waals surface area contributed by atoms with Gasteiger partial charge in [-0.25, -0.2) is 4.98 Å². The number of likely N-dealkylation sites (N-methyl/N-ethyl adjacent to an activating group) is 3. The van der Waals surface area contributed by atoms with Crippen LogP contribution in [-0.2, 0) is 0 Å². The lowest BCUT2D eigenvalue weighted by molar-refractivity contribution is 0.0760. The van der Waals surface area contributed by atoms with Gasteiger partial charge >= 0.3 is 0 Å². The van der Waals surface area contributed by atoms with Crippen LogP contribution in [0.3, 0.4) is 0 Å². The molecular formula is C34H43N7O. The molecule has 4 aromatic rings. The van der Waals surface area contributed by atoms with Gasteiger partial charge in [0.2, 0.25) is 0 Å². The number of anilines is 1. The van der Waals surface area contributed by atoms with Gasteiger partial charge in [0.05, 0.1) is 0 Å². The molecule has 0 aliphatic carbocycles. The van der Waals surface area contributed by atoms with Crippen LogP contribution in [0.1, 0.15) is 15.9 Å². The van der Waals surface area contributed by atoms with Crippen LogP contribution in [0.15, 0.2) is 60.9 Å². The van der Waals surface area contributed by atoms with Crippen LogP contribution in [0, 0.1) is 6.92 Å². The van der Waals surface area contributed by atoms with Crippen molar-refractivity contribution in [1.29, 1.82) is 0 Å². The van der Waals surface area contributed by atoms with E-state index in [0.29, 0.717) is 5.56 Å². The van der Waals surface area contributed by atoms with Crippen molar-refractivity contribution in [2.45, 2.75) is 6.92 Å². The molecule has 0 radical (unpaired) electrons. The van der Waals surface area contributed by atoms with E-state index >= 15 is 0 Å². The first kappa shape index (κ1) is 28.4. The molecule has 4 heterocycles. The molecule has 0 bridgehead atoms. The number of aromatic nitrogens is 2. The standard InChI is InChI=1S/C34H43N7O/c1-25-21-28(9-10-32(25)41-19-13-38(3)14-20-41)29-22-30-31(24-36-33(30)35-23-29)26-5-7-27(8-6-26)34(42)39(4)15-18-40-16-11-37(2)12-17-40/h5-10,21-24H,11-20H2,1-4H3,(H,35,36). The average Bonchev–Trinajstić information content (AvgIpc) is 3.44. The molecule has 2 aromatic heterocycles. The summed E-state index contributed by atoms with van der Waals surface area (Å²) in [6.45, 7) is 12.5. The van der Waals surface area contributed by atoms with E-state index in [1.165, 1.54) is 16.8 Å². The number of benzene rings is 2. The predicted molar refractivity (Wildman–Crippen MR) is 172 cm³/mol. The van der Waals surface area contributed by atoms with Gasteiger partial charge in [0.1, 0.15) is 5.65 Å². The van der Waals surface area contributed by atoms with Crippen LogP contribution in [-0.4, -0.2) is 122 Å². The Morgan fingerprint density at radius 1 is 0.857 bits per heavy atom. The fourth-order valence-electron chi connectivity index (χ4n) is 6.11. The number of piperazine rings is 2. The third-order valence-electron chi connectivity index (χ3n) is 9.04. The number of aryl methyl sites for hydroxylation is 1. The van der Waals surface area contributed by atoms with Gasteiger partial charge in [-0.3, -0.25) is 9.69 Å². The molecule has 1 amide bonds. The zero-order valence-electron chi connectivity index (χ0n) is 25.4. The number of nitrogens with one attached hydrogen (secondary N) is 1. The van der Waals surface area contributed by atoms with Crippen molar-refractivity contribution in [2.75, 3.05) is 91.5 Å². The zero-order chi connectivity index (χ0) is 29.2. The molecule has 0 spiro atoms. The number of hydrogen-bond donors (Lipinski definition) is 1. The second kappa shape index (κ2) is 12.3. The van der Waals surface area contributed by atoms with E-state index in [-0.39, 0.29) is 5.91 Å². The van der Waals surface area contributed by atoms with Crippen molar-refractivity contribution in [3.63, 3.8) is 0 Å². The number of aromatic amines is 1. The average molecular weight is 566 g/mol. The van der Waals surface area contributed by atoms with Crippen LogP contribution in [0.5, 0.6) is 0 Å². The van der Waals surface area contributed by atoms with E-state index in [4.69, 9.17) is 4.98 Å². The minimum Gasteiger partial charge on any atom is -0.369 e. The normalized spacial score (nSPS) is 17.2. The maximum atomic E-state index is 13.1. The van der Waals surface area contributed by atoms with Crippen LogP contribution in [0.25, 0.3) is 33.3 Å². The summed E-state index contributed by atoms with van der Waals surface area (Å²) in [6, 6.07) is 17.0. The van der Waals surface area contributed by atoms with Gasteiger partial charge < -0.3 is 24.6 Å². The Labute approximate surface area is 249 Å². The summed E-state index contributed by atoms with van der Waals surface area (Å²) in [6.07, 6.45) is 3.97. The van der Waals surface area contributed by atoms with Crippen molar-refractivity contribution in [3.05, 3.63) is 72.1 Å². The van der Waals surface area contributed by atoms with E-state index in [0.717, 1.165) is 93.2 Å². The monoisotopic (exact) mass is 565 g/mol. The second-order valence-corrected chi connectivity index (χ2v) is 12.1. The van der Waals surface area contributed by atoms with Crippen LogP contribution >= 0.6 is 0 Å². The van der Waals surface area contributed by atoms with E-state index in [1.54, 1.807) is 0 Å². The maximum absolute atomic E-state index is 13.1. The zero-order valence-corrected chi connectivity index (χ0v) is 25.4. The summed E-state index contributed by atoms with van der Waals surface area (Å²) in [7, 11) is 6.25. The van der Waals surface area contributed by atoms with E-state index in [9.17, 15) is 4.79 Å². The van der Waals surface area contributed by atoms with Gasteiger partial charge in [0.25, 0.3) is 5.91 Å². The topological polar surface area (TPSA) is 62.0 Å². The third-order valence-corrected chi connectivity index (χ3v) is 9.04. The van der Waals surface area contributed by atoms with E-state index in [2.05, 4.69) is 69.9 Å². The van der Waals surface area contributed by atoms with Crippen molar-refractivity contribution >= 4 is 22.6 Å². The van der Waals surface area contributed by atoms with Gasteiger partial charge in [-0.2, -0.15) is 0 Å². The summed E-state index contributed by atoms with van der Waals surface area (Å²) in [5.74, 6) is 0.0638. The molecule has 220 valence electrons. The molecule has 2 saturated heterocycles.